The second kappa shape index (κ2) is 7.40. The van der Waals surface area contributed by atoms with E-state index in [9.17, 15) is 9.90 Å². The quantitative estimate of drug-likeness (QED) is 0.786. The van der Waals surface area contributed by atoms with E-state index in [1.165, 1.54) is 0 Å². The summed E-state index contributed by atoms with van der Waals surface area (Å²) in [5, 5.41) is 15.8. The number of hydrogen-bond acceptors (Lipinski definition) is 5. The van der Waals surface area contributed by atoms with E-state index in [-0.39, 0.29) is 18.9 Å². The van der Waals surface area contributed by atoms with Gasteiger partial charge in [-0.05, 0) is 32.2 Å². The Balaban J connectivity index is 1.64. The molecule has 0 bridgehead atoms. The Kier molecular flexibility index (Phi) is 5.55. The average molecular weight is 281 g/mol. The Morgan fingerprint density at radius 2 is 2.50 bits per heavy atom. The van der Waals surface area contributed by atoms with Gasteiger partial charge in [0.1, 0.15) is 5.76 Å². The number of carbonyl (C=O) groups excluding carboxylic acids is 1. The monoisotopic (exact) mass is 281 g/mol. The zero-order valence-electron chi connectivity index (χ0n) is 12.0. The van der Waals surface area contributed by atoms with Gasteiger partial charge in [-0.3, -0.25) is 4.79 Å². The summed E-state index contributed by atoms with van der Waals surface area (Å²) < 4.78 is 5.01. The molecule has 0 saturated carbocycles. The summed E-state index contributed by atoms with van der Waals surface area (Å²) in [6.07, 6.45) is 2.46. The molecular weight excluding hydrogens is 258 g/mol. The first-order valence-corrected chi connectivity index (χ1v) is 7.19. The minimum Gasteiger partial charge on any atom is -0.396 e. The molecule has 2 rings (SSSR count). The average Bonchev–Trinajstić information content (AvgIpc) is 2.84. The standard InChI is InChI=1S/C14H23N3O3/c1-11-7-13(20-16-11)8-14(19)15-4-6-17-5-2-3-12(9-17)10-18/h7,12,18H,2-6,8-10H2,1H3,(H,15,19)/t12-/m0/s1. The molecule has 0 aromatic carbocycles. The molecule has 112 valence electrons. The Morgan fingerprint density at radius 1 is 1.65 bits per heavy atom. The summed E-state index contributed by atoms with van der Waals surface area (Å²) in [5.74, 6) is 0.937. The predicted molar refractivity (Wildman–Crippen MR) is 74.2 cm³/mol. The van der Waals surface area contributed by atoms with Crippen LogP contribution in [-0.2, 0) is 11.2 Å². The molecule has 1 aromatic heterocycles. The normalized spacial score (nSPS) is 20.0. The third-order valence-electron chi connectivity index (χ3n) is 3.62. The Hall–Kier alpha value is -1.40. The summed E-state index contributed by atoms with van der Waals surface area (Å²) in [4.78, 5) is 14.0. The second-order valence-electron chi connectivity index (χ2n) is 5.45. The fourth-order valence-corrected chi connectivity index (χ4v) is 2.58. The van der Waals surface area contributed by atoms with Crippen molar-refractivity contribution in [3.63, 3.8) is 0 Å². The Labute approximate surface area is 119 Å². The van der Waals surface area contributed by atoms with Gasteiger partial charge in [0.15, 0.2) is 0 Å². The maximum Gasteiger partial charge on any atom is 0.227 e. The van der Waals surface area contributed by atoms with E-state index >= 15 is 0 Å². The highest BCUT2D eigenvalue weighted by Gasteiger charge is 2.18. The number of aliphatic hydroxyl groups is 1. The zero-order chi connectivity index (χ0) is 14.4. The molecule has 1 fully saturated rings. The molecule has 1 aliphatic heterocycles. The second-order valence-corrected chi connectivity index (χ2v) is 5.45. The summed E-state index contributed by atoms with van der Waals surface area (Å²) in [7, 11) is 0. The van der Waals surface area contributed by atoms with Crippen molar-refractivity contribution >= 4 is 5.91 Å². The maximum absolute atomic E-state index is 11.7. The molecule has 0 aliphatic carbocycles. The van der Waals surface area contributed by atoms with Gasteiger partial charge in [0, 0.05) is 32.3 Å². The Bertz CT molecular complexity index is 433. The number of piperidine rings is 1. The van der Waals surface area contributed by atoms with Crippen LogP contribution < -0.4 is 5.32 Å². The molecule has 1 aliphatic rings. The number of carbonyl (C=O) groups is 1. The molecule has 0 spiro atoms. The highest BCUT2D eigenvalue weighted by Crippen LogP contribution is 2.14. The number of rotatable bonds is 6. The SMILES string of the molecule is Cc1cc(CC(=O)NCCN2CCC[C@H](CO)C2)on1. The number of aliphatic hydroxyl groups excluding tert-OH is 1. The van der Waals surface area contributed by atoms with Gasteiger partial charge in [-0.25, -0.2) is 0 Å². The van der Waals surface area contributed by atoms with Crippen LogP contribution in [-0.4, -0.2) is 53.9 Å². The van der Waals surface area contributed by atoms with Gasteiger partial charge in [-0.15, -0.1) is 0 Å². The van der Waals surface area contributed by atoms with Crippen LogP contribution in [0.1, 0.15) is 24.3 Å². The molecular formula is C14H23N3O3. The van der Waals surface area contributed by atoms with E-state index in [0.717, 1.165) is 38.2 Å². The summed E-state index contributed by atoms with van der Waals surface area (Å²) in [6.45, 7) is 5.52. The molecule has 1 saturated heterocycles. The van der Waals surface area contributed by atoms with Gasteiger partial charge >= 0.3 is 0 Å². The molecule has 1 amide bonds. The minimum absolute atomic E-state index is 0.0446. The lowest BCUT2D eigenvalue weighted by molar-refractivity contribution is -0.120. The van der Waals surface area contributed by atoms with E-state index < -0.39 is 0 Å². The third-order valence-corrected chi connectivity index (χ3v) is 3.62. The first-order valence-electron chi connectivity index (χ1n) is 7.19. The van der Waals surface area contributed by atoms with E-state index in [2.05, 4.69) is 15.4 Å². The smallest absolute Gasteiger partial charge is 0.227 e. The van der Waals surface area contributed by atoms with Crippen LogP contribution in [0.3, 0.4) is 0 Å². The summed E-state index contributed by atoms with van der Waals surface area (Å²) in [6, 6.07) is 1.77. The highest BCUT2D eigenvalue weighted by molar-refractivity contribution is 5.77. The topological polar surface area (TPSA) is 78.6 Å². The van der Waals surface area contributed by atoms with Crippen molar-refractivity contribution in [3.8, 4) is 0 Å². The largest absolute Gasteiger partial charge is 0.396 e. The first-order chi connectivity index (χ1) is 9.67. The lowest BCUT2D eigenvalue weighted by Gasteiger charge is -2.31. The van der Waals surface area contributed by atoms with Gasteiger partial charge < -0.3 is 19.8 Å². The van der Waals surface area contributed by atoms with Crippen molar-refractivity contribution in [1.82, 2.24) is 15.4 Å². The fraction of sp³-hybridized carbons (Fsp3) is 0.714. The van der Waals surface area contributed by atoms with Crippen LogP contribution >= 0.6 is 0 Å². The lowest BCUT2D eigenvalue weighted by Crippen LogP contribution is -2.41. The highest BCUT2D eigenvalue weighted by atomic mass is 16.5. The zero-order valence-corrected chi connectivity index (χ0v) is 12.0. The van der Waals surface area contributed by atoms with E-state index in [1.54, 1.807) is 6.07 Å². The Morgan fingerprint density at radius 3 is 3.20 bits per heavy atom. The summed E-state index contributed by atoms with van der Waals surface area (Å²) in [5.41, 5.74) is 0.788. The molecule has 1 atom stereocenters. The third kappa shape index (κ3) is 4.61. The maximum atomic E-state index is 11.7. The molecule has 2 heterocycles. The molecule has 2 N–H and O–H groups in total. The van der Waals surface area contributed by atoms with Gasteiger partial charge in [0.05, 0.1) is 12.1 Å². The molecule has 6 nitrogen and oxygen atoms in total. The molecule has 20 heavy (non-hydrogen) atoms. The number of hydrogen-bond donors (Lipinski definition) is 2. The van der Waals surface area contributed by atoms with Crippen molar-refractivity contribution < 1.29 is 14.4 Å². The number of aryl methyl sites for hydroxylation is 1. The van der Waals surface area contributed by atoms with Crippen molar-refractivity contribution in [2.24, 2.45) is 5.92 Å². The van der Waals surface area contributed by atoms with Gasteiger partial charge in [-0.2, -0.15) is 0 Å². The molecule has 1 aromatic rings. The van der Waals surface area contributed by atoms with Crippen LogP contribution in [0.5, 0.6) is 0 Å². The van der Waals surface area contributed by atoms with Crippen molar-refractivity contribution in [2.45, 2.75) is 26.2 Å². The van der Waals surface area contributed by atoms with Gasteiger partial charge in [-0.1, -0.05) is 5.16 Å². The predicted octanol–water partition coefficient (Wildman–Crippen LogP) is 0.346. The van der Waals surface area contributed by atoms with E-state index in [0.29, 0.717) is 18.2 Å². The van der Waals surface area contributed by atoms with Crippen LogP contribution in [0.25, 0.3) is 0 Å². The van der Waals surface area contributed by atoms with Crippen molar-refractivity contribution in [1.29, 1.82) is 0 Å². The van der Waals surface area contributed by atoms with Crippen molar-refractivity contribution in [2.75, 3.05) is 32.8 Å². The van der Waals surface area contributed by atoms with E-state index in [4.69, 9.17) is 4.52 Å². The summed E-state index contributed by atoms with van der Waals surface area (Å²) >= 11 is 0. The van der Waals surface area contributed by atoms with Crippen LogP contribution in [0.2, 0.25) is 0 Å². The van der Waals surface area contributed by atoms with E-state index in [1.807, 2.05) is 6.92 Å². The number of amides is 1. The minimum atomic E-state index is -0.0446. The first kappa shape index (κ1) is 15.0. The number of nitrogens with one attached hydrogen (secondary N) is 1. The van der Waals surface area contributed by atoms with Crippen LogP contribution in [0.15, 0.2) is 10.6 Å². The molecule has 0 unspecified atom stereocenters. The molecule has 6 heteroatoms. The van der Waals surface area contributed by atoms with Gasteiger partial charge in [0.2, 0.25) is 5.91 Å². The van der Waals surface area contributed by atoms with Gasteiger partial charge in [0.25, 0.3) is 0 Å². The van der Waals surface area contributed by atoms with Crippen LogP contribution in [0, 0.1) is 12.8 Å². The number of nitrogens with zero attached hydrogens (tertiary/aromatic N) is 2. The lowest BCUT2D eigenvalue weighted by atomic mass is 9.99. The number of likely N-dealkylation sites (tertiary alicyclic amines) is 1. The van der Waals surface area contributed by atoms with Crippen LogP contribution in [0.4, 0.5) is 0 Å². The number of aromatic nitrogens is 1. The van der Waals surface area contributed by atoms with Crippen molar-refractivity contribution in [3.05, 3.63) is 17.5 Å². The fourth-order valence-electron chi connectivity index (χ4n) is 2.58. The molecule has 0 radical (unpaired) electrons.